The minimum atomic E-state index is -2.93. The van der Waals surface area contributed by atoms with Crippen molar-refractivity contribution in [3.8, 4) is 0 Å². The van der Waals surface area contributed by atoms with Gasteiger partial charge in [-0.3, -0.25) is 4.57 Å². The normalized spacial score (nSPS) is 9.83. The van der Waals surface area contributed by atoms with Crippen LogP contribution in [0.5, 0.6) is 0 Å². The van der Waals surface area contributed by atoms with E-state index in [-0.39, 0.29) is 0 Å². The second-order valence-electron chi connectivity index (χ2n) is 3.32. The first-order chi connectivity index (χ1) is 8.62. The van der Waals surface area contributed by atoms with Gasteiger partial charge in [0.1, 0.15) is 11.1 Å². The minimum Gasteiger partial charge on any atom is -0.296 e. The van der Waals surface area contributed by atoms with Crippen LogP contribution in [0.3, 0.4) is 0 Å². The van der Waals surface area contributed by atoms with Gasteiger partial charge in [0.05, 0.1) is 0 Å². The molecule has 0 aliphatic carbocycles. The molecule has 0 aromatic heterocycles. The van der Waals surface area contributed by atoms with Crippen molar-refractivity contribution in [1.29, 1.82) is 11.1 Å². The molecular formula is C12H12ClN3OP+. The van der Waals surface area contributed by atoms with Crippen molar-refractivity contribution in [3.63, 3.8) is 0 Å². The first kappa shape index (κ1) is 14.3. The van der Waals surface area contributed by atoms with Crippen molar-refractivity contribution in [1.82, 2.24) is 4.91 Å². The molecule has 2 rings (SSSR count). The minimum absolute atomic E-state index is 0.679. The van der Waals surface area contributed by atoms with Crippen LogP contribution < -0.4 is 15.5 Å². The molecule has 0 spiro atoms. The number of rotatable bonds is 2. The van der Waals surface area contributed by atoms with Gasteiger partial charge in [0.15, 0.2) is 0 Å². The highest BCUT2D eigenvalue weighted by Gasteiger charge is 2.23. The zero-order chi connectivity index (χ0) is 13.4. The lowest BCUT2D eigenvalue weighted by Crippen LogP contribution is -2.11. The summed E-state index contributed by atoms with van der Waals surface area (Å²) in [5.74, 6) is 0. The summed E-state index contributed by atoms with van der Waals surface area (Å²) in [4.78, 5) is 2.00. The Morgan fingerprint density at radius 2 is 1.11 bits per heavy atom. The van der Waals surface area contributed by atoms with E-state index in [2.05, 4.69) is 0 Å². The van der Waals surface area contributed by atoms with Crippen LogP contribution in [0.25, 0.3) is 0 Å². The topological polar surface area (TPSA) is 78.9 Å². The van der Waals surface area contributed by atoms with Crippen LogP contribution in [0.2, 0.25) is 0 Å². The first-order valence-corrected chi connectivity index (χ1v) is 7.68. The Labute approximate surface area is 110 Å². The fraction of sp³-hybridized carbons (Fsp3) is 0. The van der Waals surface area contributed by atoms with Crippen molar-refractivity contribution >= 4 is 28.3 Å². The van der Waals surface area contributed by atoms with Crippen LogP contribution in [0, 0.1) is 11.1 Å². The summed E-state index contributed by atoms with van der Waals surface area (Å²) in [6.07, 6.45) is 0. The molecule has 0 saturated heterocycles. The number of hydrogen-bond acceptors (Lipinski definition) is 3. The molecule has 0 amide bonds. The van der Waals surface area contributed by atoms with Gasteiger partial charge in [-0.15, -0.1) is 0 Å². The lowest BCUT2D eigenvalue weighted by molar-refractivity contribution is 0.595. The molecule has 2 aromatic carbocycles. The highest BCUT2D eigenvalue weighted by atomic mass is 35.7. The average molecular weight is 281 g/mol. The van der Waals surface area contributed by atoms with Crippen LogP contribution in [-0.2, 0) is 4.57 Å². The summed E-state index contributed by atoms with van der Waals surface area (Å²) < 4.78 is 12.4. The third-order valence-electron chi connectivity index (χ3n) is 2.18. The lowest BCUT2D eigenvalue weighted by atomic mass is 10.4. The van der Waals surface area contributed by atoms with Gasteiger partial charge in [-0.1, -0.05) is 60.7 Å². The SMILES string of the molecule is N=[N+]=N.O=P(Cl)(c1ccccc1)c1ccccc1. The van der Waals surface area contributed by atoms with Crippen LogP contribution in [0.15, 0.2) is 60.7 Å². The van der Waals surface area contributed by atoms with Gasteiger partial charge in [0, 0.05) is 10.6 Å². The third-order valence-corrected chi connectivity index (χ3v) is 5.27. The van der Waals surface area contributed by atoms with Gasteiger partial charge in [0.2, 0.25) is 11.4 Å². The molecule has 2 N–H and O–H groups in total. The fourth-order valence-electron chi connectivity index (χ4n) is 1.39. The van der Waals surface area contributed by atoms with Crippen LogP contribution in [0.4, 0.5) is 0 Å². The molecule has 6 heteroatoms. The first-order valence-electron chi connectivity index (χ1n) is 5.07. The van der Waals surface area contributed by atoms with Crippen LogP contribution in [-0.4, -0.2) is 0 Å². The van der Waals surface area contributed by atoms with E-state index < -0.39 is 6.49 Å². The maximum Gasteiger partial charge on any atom is 0.225 e. The maximum absolute atomic E-state index is 12.4. The largest absolute Gasteiger partial charge is 0.296 e. The fourth-order valence-corrected chi connectivity index (χ4v) is 3.47. The van der Waals surface area contributed by atoms with E-state index in [0.717, 1.165) is 0 Å². The molecule has 0 radical (unpaired) electrons. The summed E-state index contributed by atoms with van der Waals surface area (Å²) in [7, 11) is 0. The molecule has 4 nitrogen and oxygen atoms in total. The molecule has 0 bridgehead atoms. The molecule has 2 aromatic rings. The quantitative estimate of drug-likeness (QED) is 0.494. The zero-order valence-corrected chi connectivity index (χ0v) is 11.1. The molecular weight excluding hydrogens is 269 g/mol. The molecule has 0 heterocycles. The molecule has 0 aliphatic heterocycles. The van der Waals surface area contributed by atoms with Gasteiger partial charge >= 0.3 is 0 Å². The summed E-state index contributed by atoms with van der Waals surface area (Å²) in [5, 5.41) is 1.36. The zero-order valence-electron chi connectivity index (χ0n) is 9.45. The Morgan fingerprint density at radius 1 is 0.833 bits per heavy atom. The number of benzene rings is 2. The van der Waals surface area contributed by atoms with Crippen molar-refractivity contribution in [3.05, 3.63) is 60.7 Å². The van der Waals surface area contributed by atoms with E-state index in [1.165, 1.54) is 0 Å². The molecule has 0 saturated carbocycles. The smallest absolute Gasteiger partial charge is 0.225 e. The highest BCUT2D eigenvalue weighted by molar-refractivity contribution is 8.00. The molecule has 0 fully saturated rings. The Hall–Kier alpha value is -1.73. The van der Waals surface area contributed by atoms with E-state index in [0.29, 0.717) is 10.6 Å². The summed E-state index contributed by atoms with van der Waals surface area (Å²) >= 11 is 6.14. The monoisotopic (exact) mass is 280 g/mol. The molecule has 18 heavy (non-hydrogen) atoms. The molecule has 0 aliphatic rings. The summed E-state index contributed by atoms with van der Waals surface area (Å²) in [5.41, 5.74) is 11.0. The third kappa shape index (κ3) is 3.64. The molecule has 0 atom stereocenters. The second kappa shape index (κ2) is 6.87. The Bertz CT molecular complexity index is 525. The van der Waals surface area contributed by atoms with Crippen molar-refractivity contribution in [2.24, 2.45) is 0 Å². The van der Waals surface area contributed by atoms with Crippen molar-refractivity contribution in [2.75, 3.05) is 0 Å². The van der Waals surface area contributed by atoms with E-state index >= 15 is 0 Å². The Balaban J connectivity index is 0.000000492. The summed E-state index contributed by atoms with van der Waals surface area (Å²) in [6.45, 7) is -2.93. The van der Waals surface area contributed by atoms with E-state index in [1.54, 1.807) is 24.3 Å². The van der Waals surface area contributed by atoms with Gasteiger partial charge < -0.3 is 0 Å². The van der Waals surface area contributed by atoms with Gasteiger partial charge in [-0.05, 0) is 11.2 Å². The van der Waals surface area contributed by atoms with Crippen LogP contribution in [0.1, 0.15) is 0 Å². The molecule has 0 unspecified atom stereocenters. The second-order valence-corrected chi connectivity index (χ2v) is 6.84. The van der Waals surface area contributed by atoms with E-state index in [9.17, 15) is 4.57 Å². The van der Waals surface area contributed by atoms with Crippen molar-refractivity contribution < 1.29 is 4.57 Å². The number of halogens is 1. The summed E-state index contributed by atoms with van der Waals surface area (Å²) in [6, 6.07) is 18.3. The van der Waals surface area contributed by atoms with Crippen molar-refractivity contribution in [2.45, 2.75) is 0 Å². The van der Waals surface area contributed by atoms with E-state index in [4.69, 9.17) is 22.3 Å². The van der Waals surface area contributed by atoms with Gasteiger partial charge in [-0.2, -0.15) is 0 Å². The Kier molecular flexibility index (Phi) is 5.47. The van der Waals surface area contributed by atoms with E-state index in [1.807, 2.05) is 41.3 Å². The number of nitrogens with one attached hydrogen (secondary N) is 2. The number of nitrogens with zero attached hydrogens (tertiary/aromatic N) is 1. The molecule has 92 valence electrons. The van der Waals surface area contributed by atoms with Crippen LogP contribution >= 0.6 is 17.7 Å². The predicted molar refractivity (Wildman–Crippen MR) is 73.2 cm³/mol. The van der Waals surface area contributed by atoms with Gasteiger partial charge in [-0.25, -0.2) is 0 Å². The Morgan fingerprint density at radius 3 is 1.39 bits per heavy atom. The highest BCUT2D eigenvalue weighted by Crippen LogP contribution is 2.48. The predicted octanol–water partition coefficient (Wildman–Crippen LogP) is 3.27. The number of hydrogen-bond donors (Lipinski definition) is 2. The van der Waals surface area contributed by atoms with Gasteiger partial charge in [0.25, 0.3) is 0 Å². The standard InChI is InChI=1S/C12H10ClOP.H2N3/c13-15(14,11-7-3-1-4-8-11)12-9-5-2-6-10-12;1-3-2/h1-10H;1-2H/q;+1. The maximum atomic E-state index is 12.4. The lowest BCUT2D eigenvalue weighted by Gasteiger charge is -2.10. The average Bonchev–Trinajstić information content (AvgIpc) is 2.42.